The molecule has 12 heavy (non-hydrogen) atoms. The van der Waals surface area contributed by atoms with Crippen molar-refractivity contribution in [1.29, 1.82) is 0 Å². The molecule has 0 aromatic heterocycles. The lowest BCUT2D eigenvalue weighted by molar-refractivity contribution is -0.880. The SMILES string of the molecule is COC[N+]1(COC)CCNC1=O. The second-order valence-corrected chi connectivity index (χ2v) is 2.94. The van der Waals surface area contributed by atoms with Gasteiger partial charge in [0.25, 0.3) is 0 Å². The first kappa shape index (κ1) is 9.44. The molecule has 0 aromatic carbocycles. The van der Waals surface area contributed by atoms with Gasteiger partial charge < -0.3 is 9.47 Å². The molecule has 0 unspecified atom stereocenters. The van der Waals surface area contributed by atoms with Gasteiger partial charge in [-0.25, -0.2) is 4.79 Å². The summed E-state index contributed by atoms with van der Waals surface area (Å²) in [5, 5.41) is 2.75. The maximum Gasteiger partial charge on any atom is 0.420 e. The minimum atomic E-state index is -0.0151. The van der Waals surface area contributed by atoms with E-state index in [1.807, 2.05) is 0 Å². The van der Waals surface area contributed by atoms with Crippen LogP contribution in [-0.2, 0) is 9.47 Å². The van der Waals surface area contributed by atoms with Crippen molar-refractivity contribution in [2.75, 3.05) is 40.8 Å². The third-order valence-corrected chi connectivity index (χ3v) is 2.00. The number of nitrogens with one attached hydrogen (secondary N) is 1. The number of hydrogen-bond acceptors (Lipinski definition) is 3. The fourth-order valence-electron chi connectivity index (χ4n) is 1.42. The number of carbonyl (C=O) groups is 1. The second kappa shape index (κ2) is 3.84. The van der Waals surface area contributed by atoms with Gasteiger partial charge in [-0.15, -0.1) is 0 Å². The van der Waals surface area contributed by atoms with Gasteiger partial charge in [0, 0.05) is 14.2 Å². The Morgan fingerprint density at radius 3 is 2.33 bits per heavy atom. The second-order valence-electron chi connectivity index (χ2n) is 2.94. The Morgan fingerprint density at radius 2 is 2.00 bits per heavy atom. The number of nitrogens with zero attached hydrogens (tertiary/aromatic N) is 1. The number of methoxy groups -OCH3 is 2. The minimum absolute atomic E-state index is 0.0151. The molecule has 70 valence electrons. The van der Waals surface area contributed by atoms with Crippen LogP contribution < -0.4 is 5.32 Å². The van der Waals surface area contributed by atoms with Crippen LogP contribution in [0.25, 0.3) is 0 Å². The molecule has 5 nitrogen and oxygen atoms in total. The van der Waals surface area contributed by atoms with Crippen LogP contribution in [0, 0.1) is 0 Å². The predicted octanol–water partition coefficient (Wildman–Crippen LogP) is -0.266. The topological polar surface area (TPSA) is 47.6 Å². The third kappa shape index (κ3) is 1.57. The monoisotopic (exact) mass is 175 g/mol. The van der Waals surface area contributed by atoms with E-state index in [1.165, 1.54) is 0 Å². The lowest BCUT2D eigenvalue weighted by atomic mass is 10.5. The summed E-state index contributed by atoms with van der Waals surface area (Å²) in [6.45, 7) is 2.19. The van der Waals surface area contributed by atoms with Gasteiger partial charge in [0.15, 0.2) is 13.5 Å². The smallest absolute Gasteiger partial charge is 0.334 e. The molecule has 2 amide bonds. The Morgan fingerprint density at radius 1 is 1.42 bits per heavy atom. The van der Waals surface area contributed by atoms with Crippen molar-refractivity contribution in [2.45, 2.75) is 0 Å². The molecular weight excluding hydrogens is 160 g/mol. The predicted molar refractivity (Wildman–Crippen MR) is 42.3 cm³/mol. The summed E-state index contributed by atoms with van der Waals surface area (Å²) < 4.78 is 10.2. The van der Waals surface area contributed by atoms with Crippen molar-refractivity contribution in [3.05, 3.63) is 0 Å². The zero-order chi connectivity index (χ0) is 9.03. The first-order chi connectivity index (χ1) is 5.75. The van der Waals surface area contributed by atoms with Crippen molar-refractivity contribution in [3.8, 4) is 0 Å². The minimum Gasteiger partial charge on any atom is -0.334 e. The summed E-state index contributed by atoms with van der Waals surface area (Å²) in [6.07, 6.45) is 0. The van der Waals surface area contributed by atoms with E-state index in [4.69, 9.17) is 9.47 Å². The summed E-state index contributed by atoms with van der Waals surface area (Å²) in [5.74, 6) is 0. The standard InChI is InChI=1S/C7H14N2O3/c1-11-5-9(6-12-2)4-3-8-7(9)10/h3-6H2,1-2H3/p+1. The van der Waals surface area contributed by atoms with E-state index in [2.05, 4.69) is 5.32 Å². The number of quaternary nitrogens is 1. The molecule has 1 fully saturated rings. The van der Waals surface area contributed by atoms with E-state index in [9.17, 15) is 4.79 Å². The van der Waals surface area contributed by atoms with Gasteiger partial charge in [0.05, 0.1) is 6.54 Å². The van der Waals surface area contributed by atoms with Crippen LogP contribution in [0.1, 0.15) is 0 Å². The maximum atomic E-state index is 11.4. The van der Waals surface area contributed by atoms with Crippen molar-refractivity contribution in [1.82, 2.24) is 5.32 Å². The van der Waals surface area contributed by atoms with Crippen molar-refractivity contribution in [2.24, 2.45) is 0 Å². The molecule has 1 aliphatic rings. The van der Waals surface area contributed by atoms with Gasteiger partial charge in [-0.2, -0.15) is 4.48 Å². The molecule has 1 aliphatic heterocycles. The Kier molecular flexibility index (Phi) is 3.02. The van der Waals surface area contributed by atoms with E-state index in [-0.39, 0.29) is 10.5 Å². The van der Waals surface area contributed by atoms with Crippen LogP contribution in [0.4, 0.5) is 4.79 Å². The number of ether oxygens (including phenoxy) is 2. The highest BCUT2D eigenvalue weighted by molar-refractivity contribution is 5.68. The molecule has 1 rings (SSSR count). The highest BCUT2D eigenvalue weighted by atomic mass is 16.5. The van der Waals surface area contributed by atoms with E-state index < -0.39 is 0 Å². The van der Waals surface area contributed by atoms with Crippen molar-refractivity contribution >= 4 is 6.03 Å². The molecule has 5 heteroatoms. The van der Waals surface area contributed by atoms with Crippen LogP contribution in [-0.4, -0.2) is 51.3 Å². The Bertz CT molecular complexity index is 166. The lowest BCUT2D eigenvalue weighted by Gasteiger charge is -2.27. The quantitative estimate of drug-likeness (QED) is 0.598. The fourth-order valence-corrected chi connectivity index (χ4v) is 1.42. The fraction of sp³-hybridized carbons (Fsp3) is 0.857. The Labute approximate surface area is 71.8 Å². The molecule has 0 aliphatic carbocycles. The zero-order valence-corrected chi connectivity index (χ0v) is 7.50. The molecule has 1 saturated heterocycles. The van der Waals surface area contributed by atoms with Gasteiger partial charge in [0.1, 0.15) is 6.54 Å². The molecule has 1 heterocycles. The first-order valence-electron chi connectivity index (χ1n) is 3.87. The van der Waals surface area contributed by atoms with Crippen LogP contribution in [0.2, 0.25) is 0 Å². The van der Waals surface area contributed by atoms with Crippen LogP contribution in [0.15, 0.2) is 0 Å². The summed E-state index contributed by atoms with van der Waals surface area (Å²) in [5.41, 5.74) is 0. The van der Waals surface area contributed by atoms with Gasteiger partial charge >= 0.3 is 6.03 Å². The van der Waals surface area contributed by atoms with Gasteiger partial charge in [-0.1, -0.05) is 0 Å². The molecule has 1 N–H and O–H groups in total. The lowest BCUT2D eigenvalue weighted by Crippen LogP contribution is -2.52. The van der Waals surface area contributed by atoms with E-state index in [1.54, 1.807) is 14.2 Å². The van der Waals surface area contributed by atoms with E-state index in [0.717, 1.165) is 6.54 Å². The van der Waals surface area contributed by atoms with Crippen molar-refractivity contribution in [3.63, 3.8) is 0 Å². The maximum absolute atomic E-state index is 11.4. The number of hydrogen-bond donors (Lipinski definition) is 1. The molecule has 0 aromatic rings. The Balaban J connectivity index is 2.63. The van der Waals surface area contributed by atoms with Crippen LogP contribution in [0.3, 0.4) is 0 Å². The molecule has 0 atom stereocenters. The average Bonchev–Trinajstić information content (AvgIpc) is 2.35. The first-order valence-corrected chi connectivity index (χ1v) is 3.87. The highest BCUT2D eigenvalue weighted by Gasteiger charge is 2.41. The van der Waals surface area contributed by atoms with Gasteiger partial charge in [-0.3, -0.25) is 5.32 Å². The van der Waals surface area contributed by atoms with E-state index >= 15 is 0 Å². The largest absolute Gasteiger partial charge is 0.420 e. The van der Waals surface area contributed by atoms with Crippen LogP contribution >= 0.6 is 0 Å². The molecule has 0 bridgehead atoms. The number of amides is 2. The Hall–Kier alpha value is -0.650. The summed E-state index contributed by atoms with van der Waals surface area (Å²) in [4.78, 5) is 11.4. The van der Waals surface area contributed by atoms with Gasteiger partial charge in [0.2, 0.25) is 0 Å². The molecular formula is C7H15N2O3+. The molecule has 0 radical (unpaired) electrons. The summed E-state index contributed by atoms with van der Waals surface area (Å²) >= 11 is 0. The normalized spacial score (nSPS) is 21.0. The molecule has 0 spiro atoms. The highest BCUT2D eigenvalue weighted by Crippen LogP contribution is 2.11. The molecule has 0 saturated carbocycles. The summed E-state index contributed by atoms with van der Waals surface area (Å²) in [7, 11) is 3.17. The van der Waals surface area contributed by atoms with E-state index in [0.29, 0.717) is 20.0 Å². The van der Waals surface area contributed by atoms with Gasteiger partial charge in [-0.05, 0) is 0 Å². The summed E-state index contributed by atoms with van der Waals surface area (Å²) in [6, 6.07) is -0.0151. The number of carbonyl (C=O) groups excluding carboxylic acids is 1. The average molecular weight is 175 g/mol. The van der Waals surface area contributed by atoms with Crippen LogP contribution in [0.5, 0.6) is 0 Å². The van der Waals surface area contributed by atoms with Crippen molar-refractivity contribution < 1.29 is 18.8 Å². The third-order valence-electron chi connectivity index (χ3n) is 2.00. The number of rotatable bonds is 4. The zero-order valence-electron chi connectivity index (χ0n) is 7.50. The number of urea groups is 1.